The molecule has 0 amide bonds. The van der Waals surface area contributed by atoms with Crippen LogP contribution in [0.1, 0.15) is 63.4 Å². The summed E-state index contributed by atoms with van der Waals surface area (Å²) in [7, 11) is 0. The molecule has 3 rings (SSSR count). The number of carbonyl (C=O) groups is 1. The van der Waals surface area contributed by atoms with Crippen LogP contribution in [-0.4, -0.2) is 5.78 Å². The highest BCUT2D eigenvalue weighted by Gasteiger charge is 2.47. The Balaban J connectivity index is 1.83. The van der Waals surface area contributed by atoms with E-state index in [0.29, 0.717) is 11.7 Å². The molecule has 0 saturated heterocycles. The summed E-state index contributed by atoms with van der Waals surface area (Å²) in [5.41, 5.74) is 1.16. The molecule has 2 fully saturated rings. The van der Waals surface area contributed by atoms with Crippen molar-refractivity contribution in [2.75, 3.05) is 0 Å². The third-order valence-electron chi connectivity index (χ3n) is 5.23. The zero-order chi connectivity index (χ0) is 13.1. The van der Waals surface area contributed by atoms with Crippen LogP contribution in [0.25, 0.3) is 0 Å². The number of benzene rings is 1. The normalized spacial score (nSPS) is 23.4. The summed E-state index contributed by atoms with van der Waals surface area (Å²) in [4.78, 5) is 13.1. The van der Waals surface area contributed by atoms with Crippen LogP contribution in [0.4, 0.5) is 0 Å². The van der Waals surface area contributed by atoms with Gasteiger partial charge >= 0.3 is 0 Å². The van der Waals surface area contributed by atoms with Gasteiger partial charge in [0.25, 0.3) is 0 Å². The lowest BCUT2D eigenvalue weighted by atomic mass is 9.59. The molecule has 2 saturated carbocycles. The third kappa shape index (κ3) is 2.35. The van der Waals surface area contributed by atoms with Crippen molar-refractivity contribution in [3.8, 4) is 0 Å². The van der Waals surface area contributed by atoms with Crippen LogP contribution in [0.3, 0.4) is 0 Å². The summed E-state index contributed by atoms with van der Waals surface area (Å²) in [6.45, 7) is 0. The fourth-order valence-electron chi connectivity index (χ4n) is 3.90. The van der Waals surface area contributed by atoms with Gasteiger partial charge in [0, 0.05) is 5.92 Å². The second-order valence-corrected chi connectivity index (χ2v) is 6.35. The number of Topliss-reactive ketones (excluding diaryl/α,β-unsaturated/α-hetero) is 1. The minimum atomic E-state index is -0.115. The first-order valence-corrected chi connectivity index (χ1v) is 7.93. The largest absolute Gasteiger partial charge is 0.298 e. The van der Waals surface area contributed by atoms with Gasteiger partial charge in [-0.05, 0) is 31.2 Å². The molecule has 102 valence electrons. The minimum absolute atomic E-state index is 0.115. The van der Waals surface area contributed by atoms with E-state index in [0.717, 1.165) is 25.7 Å². The van der Waals surface area contributed by atoms with Crippen molar-refractivity contribution in [2.24, 2.45) is 5.92 Å². The Morgan fingerprint density at radius 3 is 2.05 bits per heavy atom. The van der Waals surface area contributed by atoms with E-state index in [1.165, 1.54) is 37.7 Å². The Morgan fingerprint density at radius 2 is 1.53 bits per heavy atom. The Bertz CT molecular complexity index is 422. The van der Waals surface area contributed by atoms with Gasteiger partial charge in [0.2, 0.25) is 0 Å². The average Bonchev–Trinajstić information content (AvgIpc) is 2.67. The Labute approximate surface area is 116 Å². The lowest BCUT2D eigenvalue weighted by molar-refractivity contribution is -0.132. The molecule has 1 nitrogen and oxygen atoms in total. The van der Waals surface area contributed by atoms with Crippen LogP contribution < -0.4 is 0 Å². The fraction of sp³-hybridized carbons (Fsp3) is 0.611. The predicted molar refractivity (Wildman–Crippen MR) is 78.2 cm³/mol. The van der Waals surface area contributed by atoms with E-state index < -0.39 is 0 Å². The van der Waals surface area contributed by atoms with Crippen molar-refractivity contribution in [2.45, 2.75) is 63.2 Å². The first-order valence-electron chi connectivity index (χ1n) is 7.93. The second-order valence-electron chi connectivity index (χ2n) is 6.35. The molecular formula is C18H24O. The molecule has 2 aliphatic rings. The van der Waals surface area contributed by atoms with Crippen molar-refractivity contribution in [1.82, 2.24) is 0 Å². The summed E-state index contributed by atoms with van der Waals surface area (Å²) in [6, 6.07) is 10.5. The van der Waals surface area contributed by atoms with E-state index in [4.69, 9.17) is 0 Å². The maximum atomic E-state index is 13.1. The lowest BCUT2D eigenvalue weighted by Gasteiger charge is -2.43. The average molecular weight is 256 g/mol. The molecule has 0 N–H and O–H groups in total. The number of hydrogen-bond donors (Lipinski definition) is 0. The van der Waals surface area contributed by atoms with Gasteiger partial charge in [0.05, 0.1) is 5.41 Å². The van der Waals surface area contributed by atoms with Gasteiger partial charge in [-0.3, -0.25) is 4.79 Å². The van der Waals surface area contributed by atoms with E-state index in [9.17, 15) is 4.79 Å². The fourth-order valence-corrected chi connectivity index (χ4v) is 3.90. The molecule has 0 aliphatic heterocycles. The number of carbonyl (C=O) groups excluding carboxylic acids is 1. The molecule has 0 unspecified atom stereocenters. The van der Waals surface area contributed by atoms with Gasteiger partial charge in [-0.15, -0.1) is 0 Å². The highest BCUT2D eigenvalue weighted by atomic mass is 16.1. The molecule has 0 spiro atoms. The van der Waals surface area contributed by atoms with E-state index in [1.807, 2.05) is 6.07 Å². The van der Waals surface area contributed by atoms with Crippen molar-refractivity contribution in [1.29, 1.82) is 0 Å². The van der Waals surface area contributed by atoms with E-state index >= 15 is 0 Å². The van der Waals surface area contributed by atoms with Gasteiger partial charge in [-0.2, -0.15) is 0 Å². The summed E-state index contributed by atoms with van der Waals surface area (Å²) in [5.74, 6) is 0.898. The van der Waals surface area contributed by atoms with Crippen LogP contribution in [0.5, 0.6) is 0 Å². The molecule has 0 aromatic heterocycles. The molecule has 19 heavy (non-hydrogen) atoms. The summed E-state index contributed by atoms with van der Waals surface area (Å²) >= 11 is 0. The number of rotatable bonds is 3. The van der Waals surface area contributed by atoms with Crippen molar-refractivity contribution in [3.05, 3.63) is 35.9 Å². The molecule has 1 aromatic rings. The summed E-state index contributed by atoms with van der Waals surface area (Å²) < 4.78 is 0. The van der Waals surface area contributed by atoms with Crippen molar-refractivity contribution < 1.29 is 4.79 Å². The molecule has 0 bridgehead atoms. The number of ketones is 1. The monoisotopic (exact) mass is 256 g/mol. The summed E-state index contributed by atoms with van der Waals surface area (Å²) in [5, 5.41) is 0. The zero-order valence-corrected chi connectivity index (χ0v) is 11.7. The molecule has 0 heterocycles. The van der Waals surface area contributed by atoms with Gasteiger partial charge in [0.15, 0.2) is 0 Å². The van der Waals surface area contributed by atoms with E-state index in [1.54, 1.807) is 0 Å². The molecule has 0 radical (unpaired) electrons. The van der Waals surface area contributed by atoms with Gasteiger partial charge in [-0.25, -0.2) is 0 Å². The predicted octanol–water partition coefficient (Wildman–Crippen LogP) is 4.65. The first kappa shape index (κ1) is 12.9. The Hall–Kier alpha value is -1.11. The lowest BCUT2D eigenvalue weighted by Crippen LogP contribution is -2.45. The Kier molecular flexibility index (Phi) is 3.72. The van der Waals surface area contributed by atoms with Gasteiger partial charge in [-0.1, -0.05) is 62.4 Å². The first-order chi connectivity index (χ1) is 9.33. The molecule has 0 atom stereocenters. The highest BCUT2D eigenvalue weighted by molar-refractivity contribution is 5.93. The van der Waals surface area contributed by atoms with Gasteiger partial charge < -0.3 is 0 Å². The standard InChI is InChI=1S/C18H24O/c19-17(15-9-4-1-2-5-10-15)18(13-8-14-18)16-11-6-3-7-12-16/h3,6-7,11-12,15H,1-2,4-5,8-10,13-14H2. The molecule has 1 aromatic carbocycles. The van der Waals surface area contributed by atoms with Crippen LogP contribution >= 0.6 is 0 Å². The van der Waals surface area contributed by atoms with Crippen LogP contribution in [0, 0.1) is 5.92 Å². The molecule has 2 aliphatic carbocycles. The van der Waals surface area contributed by atoms with E-state index in [-0.39, 0.29) is 5.41 Å². The van der Waals surface area contributed by atoms with Crippen LogP contribution in [0.15, 0.2) is 30.3 Å². The smallest absolute Gasteiger partial charge is 0.146 e. The van der Waals surface area contributed by atoms with Crippen molar-refractivity contribution >= 4 is 5.78 Å². The second kappa shape index (κ2) is 5.48. The maximum Gasteiger partial charge on any atom is 0.146 e. The minimum Gasteiger partial charge on any atom is -0.298 e. The van der Waals surface area contributed by atoms with Crippen LogP contribution in [0.2, 0.25) is 0 Å². The quantitative estimate of drug-likeness (QED) is 0.720. The molecule has 1 heteroatoms. The SMILES string of the molecule is O=C(C1CCCCCC1)C1(c2ccccc2)CCC1. The third-order valence-corrected chi connectivity index (χ3v) is 5.23. The summed E-state index contributed by atoms with van der Waals surface area (Å²) in [6.07, 6.45) is 10.8. The molecular weight excluding hydrogens is 232 g/mol. The topological polar surface area (TPSA) is 17.1 Å². The van der Waals surface area contributed by atoms with E-state index in [2.05, 4.69) is 24.3 Å². The maximum absolute atomic E-state index is 13.1. The highest BCUT2D eigenvalue weighted by Crippen LogP contribution is 2.47. The van der Waals surface area contributed by atoms with Crippen molar-refractivity contribution in [3.63, 3.8) is 0 Å². The Morgan fingerprint density at radius 1 is 0.895 bits per heavy atom. The zero-order valence-electron chi connectivity index (χ0n) is 11.7. The van der Waals surface area contributed by atoms with Crippen LogP contribution in [-0.2, 0) is 10.2 Å². The van der Waals surface area contributed by atoms with Gasteiger partial charge in [0.1, 0.15) is 5.78 Å². The number of hydrogen-bond acceptors (Lipinski definition) is 1.